The minimum absolute atomic E-state index is 0.241. The Morgan fingerprint density at radius 1 is 1.50 bits per heavy atom. The smallest absolute Gasteiger partial charge is 0.363 e. The molecular weight excluding hydrogens is 169 g/mol. The van der Waals surface area contributed by atoms with Gasteiger partial charge in [-0.25, -0.2) is 0 Å². The topological polar surface area (TPSA) is 39.6 Å². The van der Waals surface area contributed by atoms with Gasteiger partial charge >= 0.3 is 6.18 Å². The number of aryl methyl sites for hydroxylation is 1. The van der Waals surface area contributed by atoms with E-state index in [0.717, 1.165) is 6.20 Å². The predicted octanol–water partition coefficient (Wildman–Crippen LogP) is 2.21. The van der Waals surface area contributed by atoms with E-state index < -0.39 is 11.7 Å². The van der Waals surface area contributed by atoms with Gasteiger partial charge in [-0.2, -0.15) is 18.4 Å². The Bertz CT molecular complexity index is 329. The zero-order valence-corrected chi connectivity index (χ0v) is 6.16. The molecule has 0 unspecified atom stereocenters. The predicted molar refractivity (Wildman–Crippen MR) is 35.2 cm³/mol. The molecule has 0 fully saturated rings. The van der Waals surface area contributed by atoms with Crippen LogP contribution < -0.4 is 0 Å². The highest BCUT2D eigenvalue weighted by Gasteiger charge is 2.35. The Morgan fingerprint density at radius 2 is 2.08 bits per heavy atom. The number of nitriles is 1. The number of H-pyrrole nitrogens is 1. The second-order valence-electron chi connectivity index (χ2n) is 2.31. The highest BCUT2D eigenvalue weighted by Crippen LogP contribution is 2.32. The van der Waals surface area contributed by atoms with Crippen molar-refractivity contribution in [3.8, 4) is 6.07 Å². The Labute approximate surface area is 66.6 Å². The van der Waals surface area contributed by atoms with E-state index in [2.05, 4.69) is 4.98 Å². The molecule has 1 N–H and O–H groups in total. The lowest BCUT2D eigenvalue weighted by atomic mass is 10.2. The van der Waals surface area contributed by atoms with Crippen LogP contribution in [0.2, 0.25) is 0 Å². The second kappa shape index (κ2) is 2.55. The van der Waals surface area contributed by atoms with E-state index in [1.807, 2.05) is 0 Å². The van der Waals surface area contributed by atoms with Crippen LogP contribution >= 0.6 is 0 Å². The third-order valence-corrected chi connectivity index (χ3v) is 1.49. The number of hydrogen-bond acceptors (Lipinski definition) is 1. The van der Waals surface area contributed by atoms with Gasteiger partial charge in [-0.15, -0.1) is 0 Å². The van der Waals surface area contributed by atoms with Crippen LogP contribution in [0, 0.1) is 18.3 Å². The Balaban J connectivity index is 3.28. The van der Waals surface area contributed by atoms with Crippen molar-refractivity contribution in [2.75, 3.05) is 0 Å². The van der Waals surface area contributed by atoms with Crippen molar-refractivity contribution in [1.29, 1.82) is 5.26 Å². The zero-order valence-electron chi connectivity index (χ0n) is 6.16. The van der Waals surface area contributed by atoms with Crippen LogP contribution in [-0.4, -0.2) is 4.98 Å². The third-order valence-electron chi connectivity index (χ3n) is 1.49. The summed E-state index contributed by atoms with van der Waals surface area (Å²) >= 11 is 0. The fourth-order valence-electron chi connectivity index (χ4n) is 0.894. The number of hydrogen-bond donors (Lipinski definition) is 1. The Morgan fingerprint density at radius 3 is 2.42 bits per heavy atom. The Kier molecular flexibility index (Phi) is 1.84. The SMILES string of the molecule is Cc1[nH]cc(C(F)(F)F)c1C#N. The number of halogens is 3. The van der Waals surface area contributed by atoms with Crippen molar-refractivity contribution in [2.45, 2.75) is 13.1 Å². The summed E-state index contributed by atoms with van der Waals surface area (Å²) in [5.74, 6) is 0. The maximum atomic E-state index is 12.1. The van der Waals surface area contributed by atoms with Gasteiger partial charge in [-0.3, -0.25) is 0 Å². The highest BCUT2D eigenvalue weighted by molar-refractivity contribution is 5.42. The second-order valence-corrected chi connectivity index (χ2v) is 2.31. The van der Waals surface area contributed by atoms with E-state index in [1.54, 1.807) is 0 Å². The van der Waals surface area contributed by atoms with Crippen LogP contribution in [0.15, 0.2) is 6.20 Å². The summed E-state index contributed by atoms with van der Waals surface area (Å²) in [5, 5.41) is 8.38. The van der Waals surface area contributed by atoms with Gasteiger partial charge in [0, 0.05) is 11.9 Å². The van der Waals surface area contributed by atoms with Crippen molar-refractivity contribution < 1.29 is 13.2 Å². The van der Waals surface area contributed by atoms with Crippen molar-refractivity contribution in [3.05, 3.63) is 23.0 Å². The average Bonchev–Trinajstić information content (AvgIpc) is 2.29. The fraction of sp³-hybridized carbons (Fsp3) is 0.286. The number of nitrogens with one attached hydrogen (secondary N) is 1. The third kappa shape index (κ3) is 1.28. The molecule has 0 spiro atoms. The van der Waals surface area contributed by atoms with Crippen molar-refractivity contribution in [1.82, 2.24) is 4.98 Å². The molecule has 64 valence electrons. The number of aromatic nitrogens is 1. The first kappa shape index (κ1) is 8.65. The van der Waals surface area contributed by atoms with Crippen LogP contribution in [0.4, 0.5) is 13.2 Å². The van der Waals surface area contributed by atoms with Crippen molar-refractivity contribution in [3.63, 3.8) is 0 Å². The van der Waals surface area contributed by atoms with Crippen LogP contribution in [0.5, 0.6) is 0 Å². The molecule has 0 aliphatic heterocycles. The fourth-order valence-corrected chi connectivity index (χ4v) is 0.894. The molecule has 0 aromatic carbocycles. The van der Waals surface area contributed by atoms with E-state index >= 15 is 0 Å². The molecule has 5 heteroatoms. The summed E-state index contributed by atoms with van der Waals surface area (Å²) in [6, 6.07) is 1.50. The van der Waals surface area contributed by atoms with E-state index in [1.165, 1.54) is 13.0 Å². The number of rotatable bonds is 0. The molecule has 0 amide bonds. The van der Waals surface area contributed by atoms with Crippen LogP contribution in [-0.2, 0) is 6.18 Å². The molecule has 0 radical (unpaired) electrons. The van der Waals surface area contributed by atoms with Gasteiger partial charge in [0.25, 0.3) is 0 Å². The molecule has 2 nitrogen and oxygen atoms in total. The van der Waals surface area contributed by atoms with E-state index in [0.29, 0.717) is 0 Å². The summed E-state index contributed by atoms with van der Waals surface area (Å²) in [7, 11) is 0. The zero-order chi connectivity index (χ0) is 9.35. The number of nitrogens with zero attached hydrogens (tertiary/aromatic N) is 1. The number of aromatic amines is 1. The lowest BCUT2D eigenvalue weighted by Crippen LogP contribution is -2.05. The summed E-state index contributed by atoms with van der Waals surface area (Å²) in [6.07, 6.45) is -3.65. The molecular formula is C7H5F3N2. The molecule has 1 rings (SSSR count). The van der Waals surface area contributed by atoms with Crippen molar-refractivity contribution in [2.24, 2.45) is 0 Å². The van der Waals surface area contributed by atoms with Gasteiger partial charge in [0.1, 0.15) is 6.07 Å². The van der Waals surface area contributed by atoms with Gasteiger partial charge in [0.15, 0.2) is 0 Å². The molecule has 1 aromatic heterocycles. The maximum absolute atomic E-state index is 12.1. The molecule has 0 aliphatic carbocycles. The molecule has 1 heterocycles. The van der Waals surface area contributed by atoms with Gasteiger partial charge in [0.05, 0.1) is 11.1 Å². The van der Waals surface area contributed by atoms with E-state index in [9.17, 15) is 13.2 Å². The first-order chi connectivity index (χ1) is 5.46. The summed E-state index contributed by atoms with van der Waals surface area (Å²) < 4.78 is 36.2. The molecule has 0 saturated carbocycles. The Hall–Kier alpha value is -1.44. The van der Waals surface area contributed by atoms with Gasteiger partial charge in [0.2, 0.25) is 0 Å². The molecule has 0 bridgehead atoms. The standard InChI is InChI=1S/C7H5F3N2/c1-4-5(2-11)6(3-12-4)7(8,9)10/h3,12H,1H3. The quantitative estimate of drug-likeness (QED) is 0.643. The van der Waals surface area contributed by atoms with Gasteiger partial charge in [-0.05, 0) is 6.92 Å². The summed E-state index contributed by atoms with van der Waals surface area (Å²) in [4.78, 5) is 2.35. The average molecular weight is 174 g/mol. The van der Waals surface area contributed by atoms with Crippen LogP contribution in [0.1, 0.15) is 16.8 Å². The molecule has 0 atom stereocenters. The summed E-state index contributed by atoms with van der Waals surface area (Å²) in [6.45, 7) is 1.42. The van der Waals surface area contributed by atoms with E-state index in [-0.39, 0.29) is 11.3 Å². The molecule has 0 saturated heterocycles. The monoisotopic (exact) mass is 174 g/mol. The normalized spacial score (nSPS) is 11.2. The summed E-state index contributed by atoms with van der Waals surface area (Å²) in [5.41, 5.74) is -0.991. The minimum Gasteiger partial charge on any atom is -0.363 e. The van der Waals surface area contributed by atoms with Gasteiger partial charge < -0.3 is 4.98 Å². The largest absolute Gasteiger partial charge is 0.419 e. The maximum Gasteiger partial charge on any atom is 0.419 e. The highest BCUT2D eigenvalue weighted by atomic mass is 19.4. The minimum atomic E-state index is -4.45. The first-order valence-electron chi connectivity index (χ1n) is 3.12. The molecule has 1 aromatic rings. The van der Waals surface area contributed by atoms with Crippen molar-refractivity contribution >= 4 is 0 Å². The molecule has 12 heavy (non-hydrogen) atoms. The van der Waals surface area contributed by atoms with Gasteiger partial charge in [-0.1, -0.05) is 0 Å². The van der Waals surface area contributed by atoms with E-state index in [4.69, 9.17) is 5.26 Å². The van der Waals surface area contributed by atoms with Crippen LogP contribution in [0.25, 0.3) is 0 Å². The van der Waals surface area contributed by atoms with Crippen LogP contribution in [0.3, 0.4) is 0 Å². The molecule has 0 aliphatic rings. The lowest BCUT2D eigenvalue weighted by molar-refractivity contribution is -0.137. The number of alkyl halides is 3. The lowest BCUT2D eigenvalue weighted by Gasteiger charge is -2.02. The first-order valence-corrected chi connectivity index (χ1v) is 3.12.